The summed E-state index contributed by atoms with van der Waals surface area (Å²) in [4.78, 5) is 39.8. The quantitative estimate of drug-likeness (QED) is 0.650. The first-order chi connectivity index (χ1) is 15.4. The third-order valence-electron chi connectivity index (χ3n) is 6.38. The van der Waals surface area contributed by atoms with E-state index < -0.39 is 17.9 Å². The van der Waals surface area contributed by atoms with Crippen molar-refractivity contribution in [1.82, 2.24) is 4.90 Å². The highest BCUT2D eigenvalue weighted by Gasteiger charge is 2.43. The van der Waals surface area contributed by atoms with Gasteiger partial charge in [-0.15, -0.1) is 0 Å². The minimum atomic E-state index is -0.705. The zero-order chi connectivity index (χ0) is 23.1. The second kappa shape index (κ2) is 11.5. The molecule has 176 valence electrons. The van der Waals surface area contributed by atoms with E-state index in [-0.39, 0.29) is 30.3 Å². The van der Waals surface area contributed by atoms with Gasteiger partial charge in [0, 0.05) is 13.0 Å². The van der Waals surface area contributed by atoms with Gasteiger partial charge in [0.2, 0.25) is 5.91 Å². The number of esters is 2. The first-order valence-electron chi connectivity index (χ1n) is 11.6. The fourth-order valence-electron chi connectivity index (χ4n) is 4.46. The van der Waals surface area contributed by atoms with Crippen LogP contribution in [0.25, 0.3) is 0 Å². The Hall–Kier alpha value is -2.41. The van der Waals surface area contributed by atoms with Crippen molar-refractivity contribution in [3.8, 4) is 0 Å². The lowest BCUT2D eigenvalue weighted by molar-refractivity contribution is -0.155. The van der Waals surface area contributed by atoms with Crippen molar-refractivity contribution in [3.63, 3.8) is 0 Å². The molecule has 1 aromatic rings. The molecule has 0 N–H and O–H groups in total. The number of benzene rings is 1. The summed E-state index contributed by atoms with van der Waals surface area (Å²) in [5.74, 6) is -1.66. The summed E-state index contributed by atoms with van der Waals surface area (Å²) < 4.78 is 16.5. The predicted molar refractivity (Wildman–Crippen MR) is 119 cm³/mol. The number of cyclic esters (lactones) is 1. The number of hydrogen-bond donors (Lipinski definition) is 0. The average Bonchev–Trinajstić information content (AvgIpc) is 3.21. The first-order valence-corrected chi connectivity index (χ1v) is 11.6. The van der Waals surface area contributed by atoms with E-state index in [1.54, 1.807) is 0 Å². The van der Waals surface area contributed by atoms with Gasteiger partial charge in [0.1, 0.15) is 6.04 Å². The van der Waals surface area contributed by atoms with Gasteiger partial charge in [0.15, 0.2) is 0 Å². The van der Waals surface area contributed by atoms with Crippen LogP contribution in [0, 0.1) is 11.8 Å². The summed E-state index contributed by atoms with van der Waals surface area (Å²) >= 11 is 0. The molecule has 0 aromatic heterocycles. The van der Waals surface area contributed by atoms with Crippen molar-refractivity contribution in [3.05, 3.63) is 35.4 Å². The molecule has 0 radical (unpaired) electrons. The summed E-state index contributed by atoms with van der Waals surface area (Å²) in [7, 11) is 1.32. The van der Waals surface area contributed by atoms with Crippen molar-refractivity contribution in [1.29, 1.82) is 0 Å². The van der Waals surface area contributed by atoms with E-state index in [4.69, 9.17) is 14.2 Å². The number of nitrogens with zero attached hydrogens (tertiary/aromatic N) is 1. The maximum Gasteiger partial charge on any atom is 0.328 e. The summed E-state index contributed by atoms with van der Waals surface area (Å²) in [6.45, 7) is 4.91. The smallest absolute Gasteiger partial charge is 0.328 e. The summed E-state index contributed by atoms with van der Waals surface area (Å²) in [5, 5.41) is 0. The molecule has 2 aliphatic heterocycles. The molecule has 2 aliphatic rings. The predicted octanol–water partition coefficient (Wildman–Crippen LogP) is 3.28. The van der Waals surface area contributed by atoms with Crippen LogP contribution < -0.4 is 0 Å². The van der Waals surface area contributed by atoms with Crippen LogP contribution in [0.1, 0.15) is 57.1 Å². The van der Waals surface area contributed by atoms with Crippen LogP contribution in [0.5, 0.6) is 0 Å². The normalized spacial score (nSPS) is 25.8. The Morgan fingerprint density at radius 1 is 1.16 bits per heavy atom. The molecule has 2 heterocycles. The molecule has 7 nitrogen and oxygen atoms in total. The van der Waals surface area contributed by atoms with E-state index >= 15 is 0 Å². The third-order valence-corrected chi connectivity index (χ3v) is 6.38. The Morgan fingerprint density at radius 3 is 2.69 bits per heavy atom. The van der Waals surface area contributed by atoms with Gasteiger partial charge in [-0.25, -0.2) is 4.79 Å². The molecular weight excluding hydrogens is 410 g/mol. The zero-order valence-corrected chi connectivity index (χ0v) is 19.4. The number of aryl methyl sites for hydroxylation is 1. The van der Waals surface area contributed by atoms with Crippen LogP contribution in [0.3, 0.4) is 0 Å². The molecular formula is C25H35NO6. The molecule has 0 spiro atoms. The Labute approximate surface area is 190 Å². The lowest BCUT2D eigenvalue weighted by atomic mass is 9.91. The van der Waals surface area contributed by atoms with Gasteiger partial charge in [-0.2, -0.15) is 0 Å². The van der Waals surface area contributed by atoms with Crippen molar-refractivity contribution in [2.45, 2.75) is 71.1 Å². The Kier molecular flexibility index (Phi) is 8.67. The van der Waals surface area contributed by atoms with Gasteiger partial charge in [0.05, 0.1) is 38.8 Å². The second-order valence-electron chi connectivity index (χ2n) is 9.10. The van der Waals surface area contributed by atoms with Crippen LogP contribution in [0.2, 0.25) is 0 Å². The van der Waals surface area contributed by atoms with Crippen LogP contribution in [0.15, 0.2) is 24.3 Å². The van der Waals surface area contributed by atoms with Gasteiger partial charge in [-0.3, -0.25) is 9.59 Å². The molecule has 1 amide bonds. The van der Waals surface area contributed by atoms with Gasteiger partial charge >= 0.3 is 11.9 Å². The fraction of sp³-hybridized carbons (Fsp3) is 0.640. The topological polar surface area (TPSA) is 82.1 Å². The summed E-state index contributed by atoms with van der Waals surface area (Å²) in [6.07, 6.45) is 3.88. The average molecular weight is 446 g/mol. The van der Waals surface area contributed by atoms with E-state index in [2.05, 4.69) is 12.1 Å². The van der Waals surface area contributed by atoms with Crippen LogP contribution in [-0.2, 0) is 41.6 Å². The number of ether oxygens (including phenoxy) is 3. The van der Waals surface area contributed by atoms with Crippen molar-refractivity contribution in [2.24, 2.45) is 11.8 Å². The number of methoxy groups -OCH3 is 1. The highest BCUT2D eigenvalue weighted by atomic mass is 16.5. The van der Waals surface area contributed by atoms with Crippen molar-refractivity contribution >= 4 is 17.8 Å². The zero-order valence-electron chi connectivity index (χ0n) is 19.4. The fourth-order valence-corrected chi connectivity index (χ4v) is 4.46. The molecule has 4 bridgehead atoms. The molecule has 0 aliphatic carbocycles. The van der Waals surface area contributed by atoms with Gasteiger partial charge in [0.25, 0.3) is 0 Å². The Morgan fingerprint density at radius 2 is 1.94 bits per heavy atom. The molecule has 0 saturated carbocycles. The number of fused-ring (bicyclic) bond motifs is 4. The minimum Gasteiger partial charge on any atom is -0.467 e. The molecule has 7 heteroatoms. The standard InChI is InChI=1S/C25H35NO6/c1-17(2)21-14-23(27)31-11-6-4-5-8-18-9-7-10-19(12-18)16-32-20-13-22(25(29)30-3)26(15-20)24(21)28/h7,9-10,12,17,20-22H,4-6,8,11,13-16H2,1-3H3/t20-,21+,22+/m1/s1. The molecule has 32 heavy (non-hydrogen) atoms. The van der Waals surface area contributed by atoms with Crippen molar-refractivity contribution < 1.29 is 28.6 Å². The summed E-state index contributed by atoms with van der Waals surface area (Å²) in [6, 6.07) is 7.61. The van der Waals surface area contributed by atoms with E-state index in [1.165, 1.54) is 17.6 Å². The number of rotatable bonds is 2. The van der Waals surface area contributed by atoms with Crippen LogP contribution >= 0.6 is 0 Å². The molecule has 3 rings (SSSR count). The van der Waals surface area contributed by atoms with Gasteiger partial charge < -0.3 is 19.1 Å². The molecule has 1 fully saturated rings. The largest absolute Gasteiger partial charge is 0.467 e. The number of hydrogen-bond acceptors (Lipinski definition) is 6. The lowest BCUT2D eigenvalue weighted by Gasteiger charge is -2.29. The van der Waals surface area contributed by atoms with E-state index in [0.29, 0.717) is 26.2 Å². The monoisotopic (exact) mass is 445 g/mol. The Balaban J connectivity index is 1.82. The second-order valence-corrected chi connectivity index (χ2v) is 9.10. The lowest BCUT2D eigenvalue weighted by Crippen LogP contribution is -2.46. The van der Waals surface area contributed by atoms with E-state index in [1.807, 2.05) is 26.0 Å². The van der Waals surface area contributed by atoms with Gasteiger partial charge in [-0.1, -0.05) is 38.1 Å². The SMILES string of the molecule is COC(=O)[C@@H]1C[C@@H]2CN1C(=O)[C@H](C(C)C)CC(=O)OCCCCCc1cccc(c1)CO2. The third kappa shape index (κ3) is 6.31. The van der Waals surface area contributed by atoms with E-state index in [0.717, 1.165) is 31.2 Å². The van der Waals surface area contributed by atoms with Crippen molar-refractivity contribution in [2.75, 3.05) is 20.3 Å². The first kappa shape index (κ1) is 24.2. The molecule has 0 unspecified atom stereocenters. The maximum atomic E-state index is 13.4. The van der Waals surface area contributed by atoms with Crippen LogP contribution in [-0.4, -0.2) is 55.2 Å². The number of carbonyl (C=O) groups excluding carboxylic acids is 3. The van der Waals surface area contributed by atoms with Crippen LogP contribution in [0.4, 0.5) is 0 Å². The number of amides is 1. The molecule has 1 saturated heterocycles. The highest BCUT2D eigenvalue weighted by Crippen LogP contribution is 2.28. The Bertz CT molecular complexity index is 807. The number of carbonyl (C=O) groups is 3. The minimum absolute atomic E-state index is 0.0109. The van der Waals surface area contributed by atoms with E-state index in [9.17, 15) is 14.4 Å². The molecule has 3 atom stereocenters. The highest BCUT2D eigenvalue weighted by molar-refractivity contribution is 5.89. The maximum absolute atomic E-state index is 13.4. The molecule has 1 aromatic carbocycles. The van der Waals surface area contributed by atoms with Gasteiger partial charge in [-0.05, 0) is 42.7 Å². The summed E-state index contributed by atoms with van der Waals surface area (Å²) in [5.41, 5.74) is 2.33.